The largest absolute Gasteiger partial charge is 0.493 e. The first-order valence-corrected chi connectivity index (χ1v) is 6.63. The monoisotopic (exact) mass is 302 g/mol. The summed E-state index contributed by atoms with van der Waals surface area (Å²) in [4.78, 5) is 10.9. The van der Waals surface area contributed by atoms with E-state index in [4.69, 9.17) is 14.6 Å². The number of carboxylic acid groups (broad SMARTS) is 1. The molecule has 0 atom stereocenters. The van der Waals surface area contributed by atoms with E-state index in [0.717, 1.165) is 22.8 Å². The summed E-state index contributed by atoms with van der Waals surface area (Å²) in [5, 5.41) is 13.1. The molecule has 0 amide bonds. The first-order valence-electron chi connectivity index (χ1n) is 6.63. The molecular weight excluding hydrogens is 284 g/mol. The minimum absolute atomic E-state index is 0.539. The molecule has 0 spiro atoms. The second-order valence-corrected chi connectivity index (χ2v) is 4.83. The third-order valence-electron chi connectivity index (χ3n) is 3.29. The smallest absolute Gasteiger partial charge is 0.328 e. The summed E-state index contributed by atoms with van der Waals surface area (Å²) >= 11 is 0. The molecule has 0 saturated carbocycles. The molecule has 0 saturated heterocycles. The molecule has 1 aromatic carbocycles. The van der Waals surface area contributed by atoms with E-state index in [1.807, 2.05) is 19.3 Å². The van der Waals surface area contributed by atoms with Crippen molar-refractivity contribution in [2.24, 2.45) is 7.05 Å². The Morgan fingerprint density at radius 2 is 2.05 bits per heavy atom. The second-order valence-electron chi connectivity index (χ2n) is 4.83. The fourth-order valence-corrected chi connectivity index (χ4v) is 2.24. The Morgan fingerprint density at radius 1 is 1.32 bits per heavy atom. The van der Waals surface area contributed by atoms with Gasteiger partial charge in [0.1, 0.15) is 0 Å². The molecule has 0 aliphatic carbocycles. The number of aromatic nitrogens is 2. The van der Waals surface area contributed by atoms with E-state index in [-0.39, 0.29) is 0 Å². The van der Waals surface area contributed by atoms with Crippen LogP contribution in [0, 0.1) is 0 Å². The van der Waals surface area contributed by atoms with Gasteiger partial charge in [0.25, 0.3) is 0 Å². The molecule has 2 rings (SSSR count). The van der Waals surface area contributed by atoms with E-state index < -0.39 is 5.97 Å². The minimum Gasteiger partial charge on any atom is -0.493 e. The number of aliphatic carboxylic acids is 1. The number of ether oxygens (including phenoxy) is 2. The van der Waals surface area contributed by atoms with Crippen LogP contribution < -0.4 is 9.47 Å². The maximum Gasteiger partial charge on any atom is 0.328 e. The average molecular weight is 302 g/mol. The van der Waals surface area contributed by atoms with E-state index in [1.54, 1.807) is 38.1 Å². The zero-order chi connectivity index (χ0) is 16.3. The van der Waals surface area contributed by atoms with Gasteiger partial charge in [-0.25, -0.2) is 4.79 Å². The quantitative estimate of drug-likeness (QED) is 0.859. The predicted molar refractivity (Wildman–Crippen MR) is 83.0 cm³/mol. The minimum atomic E-state index is -0.991. The van der Waals surface area contributed by atoms with Crippen molar-refractivity contribution in [2.45, 2.75) is 6.92 Å². The van der Waals surface area contributed by atoms with Crippen molar-refractivity contribution < 1.29 is 19.4 Å². The summed E-state index contributed by atoms with van der Waals surface area (Å²) in [6.45, 7) is 1.74. The van der Waals surface area contributed by atoms with Gasteiger partial charge in [0.05, 0.1) is 20.4 Å². The highest BCUT2D eigenvalue weighted by atomic mass is 16.5. The van der Waals surface area contributed by atoms with Gasteiger partial charge in [0.2, 0.25) is 0 Å². The predicted octanol–water partition coefficient (Wildman–Crippen LogP) is 2.59. The highest BCUT2D eigenvalue weighted by Gasteiger charge is 2.16. The van der Waals surface area contributed by atoms with Crippen molar-refractivity contribution in [3.8, 4) is 22.6 Å². The summed E-state index contributed by atoms with van der Waals surface area (Å²) in [5.41, 5.74) is 3.03. The molecule has 0 aliphatic heterocycles. The van der Waals surface area contributed by atoms with Crippen molar-refractivity contribution in [3.05, 3.63) is 36.2 Å². The lowest BCUT2D eigenvalue weighted by atomic mass is 9.99. The van der Waals surface area contributed by atoms with E-state index in [2.05, 4.69) is 5.10 Å². The first kappa shape index (κ1) is 15.6. The normalized spacial score (nSPS) is 11.4. The second kappa shape index (κ2) is 6.34. The van der Waals surface area contributed by atoms with Crippen molar-refractivity contribution >= 4 is 11.5 Å². The number of rotatable bonds is 5. The molecule has 0 aliphatic rings. The lowest BCUT2D eigenvalue weighted by molar-refractivity contribution is -0.131. The molecule has 6 nitrogen and oxygen atoms in total. The summed E-state index contributed by atoms with van der Waals surface area (Å²) in [5.74, 6) is 0.134. The van der Waals surface area contributed by atoms with Crippen LogP contribution in [0.25, 0.3) is 16.7 Å². The molecule has 116 valence electrons. The molecular formula is C16H18N2O4. The molecule has 0 radical (unpaired) electrons. The zero-order valence-corrected chi connectivity index (χ0v) is 13.0. The Hall–Kier alpha value is -2.76. The van der Waals surface area contributed by atoms with Crippen LogP contribution >= 0.6 is 0 Å². The summed E-state index contributed by atoms with van der Waals surface area (Å²) in [6, 6.07) is 3.63. The molecule has 22 heavy (non-hydrogen) atoms. The number of hydrogen-bond donors (Lipinski definition) is 1. The van der Waals surface area contributed by atoms with Crippen LogP contribution in [-0.4, -0.2) is 35.1 Å². The van der Waals surface area contributed by atoms with Gasteiger partial charge in [-0.1, -0.05) is 0 Å². The van der Waals surface area contributed by atoms with Gasteiger partial charge in [-0.15, -0.1) is 0 Å². The van der Waals surface area contributed by atoms with Gasteiger partial charge in [-0.05, 0) is 30.2 Å². The average Bonchev–Trinajstić information content (AvgIpc) is 2.91. The molecule has 1 N–H and O–H groups in total. The van der Waals surface area contributed by atoms with E-state index in [0.29, 0.717) is 17.1 Å². The van der Waals surface area contributed by atoms with Crippen LogP contribution in [0.15, 0.2) is 30.6 Å². The van der Waals surface area contributed by atoms with Crippen LogP contribution in [0.3, 0.4) is 0 Å². The van der Waals surface area contributed by atoms with Crippen molar-refractivity contribution in [1.82, 2.24) is 9.78 Å². The Labute approximate surface area is 128 Å². The molecule has 1 heterocycles. The van der Waals surface area contributed by atoms with Gasteiger partial charge >= 0.3 is 5.97 Å². The molecule has 2 aromatic rings. The highest BCUT2D eigenvalue weighted by molar-refractivity contribution is 5.91. The maximum atomic E-state index is 10.9. The van der Waals surface area contributed by atoms with Crippen molar-refractivity contribution in [1.29, 1.82) is 0 Å². The first-order chi connectivity index (χ1) is 10.5. The Kier molecular flexibility index (Phi) is 4.50. The topological polar surface area (TPSA) is 73.6 Å². The zero-order valence-electron chi connectivity index (χ0n) is 13.0. The Morgan fingerprint density at radius 3 is 2.55 bits per heavy atom. The van der Waals surface area contributed by atoms with Crippen molar-refractivity contribution in [3.63, 3.8) is 0 Å². The van der Waals surface area contributed by atoms with Crippen LogP contribution in [0.2, 0.25) is 0 Å². The summed E-state index contributed by atoms with van der Waals surface area (Å²) in [6.07, 6.45) is 4.74. The van der Waals surface area contributed by atoms with E-state index in [9.17, 15) is 4.79 Å². The number of aryl methyl sites for hydroxylation is 1. The van der Waals surface area contributed by atoms with Gasteiger partial charge in [-0.2, -0.15) is 5.10 Å². The Balaban J connectivity index is 2.67. The fraction of sp³-hybridized carbons (Fsp3) is 0.250. The third kappa shape index (κ3) is 3.11. The molecule has 1 aromatic heterocycles. The lowest BCUT2D eigenvalue weighted by Gasteiger charge is -2.14. The standard InChI is InChI=1S/C16H18N2O4/c1-10(5-15(19)20)11-6-13(12-8-17-18(2)9-12)16(22-4)14(7-11)21-3/h5-9H,1-4H3,(H,19,20)/b10-5+. The lowest BCUT2D eigenvalue weighted by Crippen LogP contribution is -1.96. The van der Waals surface area contributed by atoms with Gasteiger partial charge in [0, 0.05) is 30.4 Å². The number of hydrogen-bond acceptors (Lipinski definition) is 4. The van der Waals surface area contributed by atoms with Crippen LogP contribution in [0.4, 0.5) is 0 Å². The van der Waals surface area contributed by atoms with Crippen LogP contribution in [0.5, 0.6) is 11.5 Å². The number of carboxylic acids is 1. The molecule has 6 heteroatoms. The molecule has 0 bridgehead atoms. The number of allylic oxidation sites excluding steroid dienone is 1. The number of methoxy groups -OCH3 is 2. The summed E-state index contributed by atoms with van der Waals surface area (Å²) < 4.78 is 12.5. The SMILES string of the molecule is COc1cc(/C(C)=C/C(=O)O)cc(-c2cnn(C)c2)c1OC. The molecule has 0 fully saturated rings. The third-order valence-corrected chi connectivity index (χ3v) is 3.29. The van der Waals surface area contributed by atoms with Gasteiger partial charge in [-0.3, -0.25) is 4.68 Å². The number of carbonyl (C=O) groups is 1. The van der Waals surface area contributed by atoms with Crippen molar-refractivity contribution in [2.75, 3.05) is 14.2 Å². The number of nitrogens with zero attached hydrogens (tertiary/aromatic N) is 2. The summed E-state index contributed by atoms with van der Waals surface area (Å²) in [7, 11) is 4.94. The fourth-order valence-electron chi connectivity index (χ4n) is 2.24. The van der Waals surface area contributed by atoms with Crippen LogP contribution in [0.1, 0.15) is 12.5 Å². The van der Waals surface area contributed by atoms with Gasteiger partial charge in [0.15, 0.2) is 11.5 Å². The van der Waals surface area contributed by atoms with Gasteiger partial charge < -0.3 is 14.6 Å². The maximum absolute atomic E-state index is 10.9. The number of benzene rings is 1. The van der Waals surface area contributed by atoms with Crippen LogP contribution in [-0.2, 0) is 11.8 Å². The highest BCUT2D eigenvalue weighted by Crippen LogP contribution is 2.40. The Bertz CT molecular complexity index is 732. The van der Waals surface area contributed by atoms with E-state index >= 15 is 0 Å². The van der Waals surface area contributed by atoms with E-state index in [1.165, 1.54) is 0 Å². The molecule has 0 unspecified atom stereocenters.